The summed E-state index contributed by atoms with van der Waals surface area (Å²) in [7, 11) is 1.68. The Bertz CT molecular complexity index is 815. The highest BCUT2D eigenvalue weighted by molar-refractivity contribution is 5.81. The molecule has 0 aliphatic heterocycles. The van der Waals surface area contributed by atoms with Crippen molar-refractivity contribution in [1.29, 1.82) is 0 Å². The topological polar surface area (TPSA) is 31.2 Å². The standard InChI is InChI=1S/C21H25NO2/c1-13-12-22(16-11-15-20(19(13)16)21(15,2)3)18(23)10-9-14-7-5-6-8-17(14)24-4/h5-8,12,15,20H,9-11H2,1-4H3/t15-,20-/m1/s1. The molecule has 1 saturated carbocycles. The van der Waals surface area contributed by atoms with E-state index in [9.17, 15) is 4.79 Å². The van der Waals surface area contributed by atoms with Crippen molar-refractivity contribution < 1.29 is 9.53 Å². The van der Waals surface area contributed by atoms with Crippen LogP contribution in [-0.2, 0) is 12.8 Å². The summed E-state index contributed by atoms with van der Waals surface area (Å²) in [4.78, 5) is 12.8. The molecule has 1 aromatic heterocycles. The monoisotopic (exact) mass is 323 g/mol. The number of aryl methyl sites for hydroxylation is 2. The van der Waals surface area contributed by atoms with Gasteiger partial charge in [0.2, 0.25) is 5.91 Å². The Morgan fingerprint density at radius 3 is 2.83 bits per heavy atom. The summed E-state index contributed by atoms with van der Waals surface area (Å²) in [6.45, 7) is 6.86. The number of benzene rings is 1. The molecule has 2 atom stereocenters. The van der Waals surface area contributed by atoms with Crippen molar-refractivity contribution in [2.24, 2.45) is 11.3 Å². The number of hydrogen-bond acceptors (Lipinski definition) is 2. The zero-order chi connectivity index (χ0) is 17.1. The number of rotatable bonds is 4. The number of hydrogen-bond donors (Lipinski definition) is 0. The summed E-state index contributed by atoms with van der Waals surface area (Å²) < 4.78 is 7.32. The molecule has 0 saturated heterocycles. The average Bonchev–Trinajstić information content (AvgIpc) is 2.92. The zero-order valence-electron chi connectivity index (χ0n) is 14.9. The molecule has 0 bridgehead atoms. The SMILES string of the molecule is COc1ccccc1CCC(=O)n1cc(C)c2c1C[C@@H]1[C@H]2C1(C)C. The maximum Gasteiger partial charge on any atom is 0.231 e. The molecule has 1 fully saturated rings. The lowest BCUT2D eigenvalue weighted by atomic mass is 9.97. The van der Waals surface area contributed by atoms with E-state index in [2.05, 4.69) is 27.0 Å². The van der Waals surface area contributed by atoms with Gasteiger partial charge in [-0.2, -0.15) is 0 Å². The number of aromatic nitrogens is 1. The molecule has 1 aromatic carbocycles. The third-order valence-electron chi connectivity index (χ3n) is 6.19. The van der Waals surface area contributed by atoms with E-state index < -0.39 is 0 Å². The van der Waals surface area contributed by atoms with Crippen LogP contribution >= 0.6 is 0 Å². The molecule has 126 valence electrons. The minimum Gasteiger partial charge on any atom is -0.496 e. The molecule has 1 heterocycles. The number of ether oxygens (including phenoxy) is 1. The van der Waals surface area contributed by atoms with E-state index in [0.717, 1.165) is 23.7 Å². The Hall–Kier alpha value is -2.03. The third-order valence-corrected chi connectivity index (χ3v) is 6.19. The highest BCUT2D eigenvalue weighted by Gasteiger charge is 2.63. The number of fused-ring (bicyclic) bond motifs is 3. The van der Waals surface area contributed by atoms with Gasteiger partial charge in [-0.1, -0.05) is 32.0 Å². The first-order chi connectivity index (χ1) is 11.4. The van der Waals surface area contributed by atoms with Gasteiger partial charge < -0.3 is 4.74 Å². The molecule has 0 N–H and O–H groups in total. The maximum absolute atomic E-state index is 12.8. The van der Waals surface area contributed by atoms with Crippen molar-refractivity contribution in [2.75, 3.05) is 7.11 Å². The summed E-state index contributed by atoms with van der Waals surface area (Å²) in [5, 5.41) is 0. The first-order valence-electron chi connectivity index (χ1n) is 8.81. The van der Waals surface area contributed by atoms with Crippen molar-refractivity contribution in [3.05, 3.63) is 52.8 Å². The second kappa shape index (κ2) is 5.23. The lowest BCUT2D eigenvalue weighted by Crippen LogP contribution is -2.15. The molecule has 0 amide bonds. The van der Waals surface area contributed by atoms with Gasteiger partial charge in [0.15, 0.2) is 0 Å². The smallest absolute Gasteiger partial charge is 0.231 e. The molecule has 2 aromatic rings. The van der Waals surface area contributed by atoms with Crippen molar-refractivity contribution in [2.45, 2.75) is 46.0 Å². The lowest BCUT2D eigenvalue weighted by Gasteiger charge is -2.12. The van der Waals surface area contributed by atoms with Gasteiger partial charge in [-0.05, 0) is 59.8 Å². The molecule has 0 spiro atoms. The average molecular weight is 323 g/mol. The van der Waals surface area contributed by atoms with Crippen LogP contribution in [0.3, 0.4) is 0 Å². The van der Waals surface area contributed by atoms with E-state index in [1.54, 1.807) is 7.11 Å². The molecule has 4 rings (SSSR count). The molecule has 24 heavy (non-hydrogen) atoms. The molecule has 3 heteroatoms. The number of para-hydroxylation sites is 1. The predicted molar refractivity (Wildman–Crippen MR) is 94.8 cm³/mol. The molecular formula is C21H25NO2. The quantitative estimate of drug-likeness (QED) is 0.836. The highest BCUT2D eigenvalue weighted by Crippen LogP contribution is 2.70. The van der Waals surface area contributed by atoms with Crippen LogP contribution in [0.4, 0.5) is 0 Å². The molecule has 2 aliphatic carbocycles. The molecular weight excluding hydrogens is 298 g/mol. The number of carbonyl (C=O) groups is 1. The number of methoxy groups -OCH3 is 1. The molecule has 0 radical (unpaired) electrons. The van der Waals surface area contributed by atoms with Crippen LogP contribution < -0.4 is 4.74 Å². The van der Waals surface area contributed by atoms with Crippen molar-refractivity contribution in [3.8, 4) is 5.75 Å². The van der Waals surface area contributed by atoms with Gasteiger partial charge in [-0.15, -0.1) is 0 Å². The summed E-state index contributed by atoms with van der Waals surface area (Å²) >= 11 is 0. The van der Waals surface area contributed by atoms with Crippen LogP contribution in [-0.4, -0.2) is 17.6 Å². The van der Waals surface area contributed by atoms with Gasteiger partial charge in [0.05, 0.1) is 7.11 Å². The summed E-state index contributed by atoms with van der Waals surface area (Å²) in [6, 6.07) is 7.94. The van der Waals surface area contributed by atoms with E-state index in [4.69, 9.17) is 4.74 Å². The number of nitrogens with zero attached hydrogens (tertiary/aromatic N) is 1. The Morgan fingerprint density at radius 2 is 2.08 bits per heavy atom. The van der Waals surface area contributed by atoms with E-state index in [1.807, 2.05) is 28.8 Å². The van der Waals surface area contributed by atoms with Crippen molar-refractivity contribution >= 4 is 5.91 Å². The maximum atomic E-state index is 12.8. The van der Waals surface area contributed by atoms with Gasteiger partial charge >= 0.3 is 0 Å². The van der Waals surface area contributed by atoms with Crippen molar-refractivity contribution in [3.63, 3.8) is 0 Å². The van der Waals surface area contributed by atoms with Crippen LogP contribution in [0.5, 0.6) is 5.75 Å². The zero-order valence-corrected chi connectivity index (χ0v) is 14.9. The van der Waals surface area contributed by atoms with Crippen LogP contribution in [0.25, 0.3) is 0 Å². The fourth-order valence-corrected chi connectivity index (χ4v) is 4.73. The third kappa shape index (κ3) is 2.14. The van der Waals surface area contributed by atoms with E-state index in [0.29, 0.717) is 24.2 Å². The Kier molecular flexibility index (Phi) is 3.38. The summed E-state index contributed by atoms with van der Waals surface area (Å²) in [6.07, 6.45) is 4.34. The second-order valence-electron chi connectivity index (χ2n) is 7.86. The Balaban J connectivity index is 1.53. The predicted octanol–water partition coefficient (Wildman–Crippen LogP) is 4.37. The van der Waals surface area contributed by atoms with Gasteiger partial charge in [-0.3, -0.25) is 9.36 Å². The largest absolute Gasteiger partial charge is 0.496 e. The Morgan fingerprint density at radius 1 is 1.33 bits per heavy atom. The molecule has 2 aliphatic rings. The first kappa shape index (κ1) is 15.5. The fraction of sp³-hybridized carbons (Fsp3) is 0.476. The van der Waals surface area contributed by atoms with Gasteiger partial charge in [0.1, 0.15) is 5.75 Å². The molecule has 0 unspecified atom stereocenters. The molecule has 3 nitrogen and oxygen atoms in total. The van der Waals surface area contributed by atoms with Crippen LogP contribution in [0.15, 0.2) is 30.5 Å². The van der Waals surface area contributed by atoms with E-state index >= 15 is 0 Å². The van der Waals surface area contributed by atoms with Crippen LogP contribution in [0.2, 0.25) is 0 Å². The number of carbonyl (C=O) groups excluding carboxylic acids is 1. The lowest BCUT2D eigenvalue weighted by molar-refractivity contribution is 0.0899. The van der Waals surface area contributed by atoms with Crippen LogP contribution in [0, 0.1) is 18.3 Å². The van der Waals surface area contributed by atoms with Crippen LogP contribution in [0.1, 0.15) is 53.4 Å². The van der Waals surface area contributed by atoms with Gasteiger partial charge in [0.25, 0.3) is 0 Å². The summed E-state index contributed by atoms with van der Waals surface area (Å²) in [5.41, 5.74) is 5.53. The van der Waals surface area contributed by atoms with Gasteiger partial charge in [-0.25, -0.2) is 0 Å². The highest BCUT2D eigenvalue weighted by atomic mass is 16.5. The first-order valence-corrected chi connectivity index (χ1v) is 8.81. The minimum atomic E-state index is 0.198. The van der Waals surface area contributed by atoms with Crippen molar-refractivity contribution in [1.82, 2.24) is 4.57 Å². The fourth-order valence-electron chi connectivity index (χ4n) is 4.73. The minimum absolute atomic E-state index is 0.198. The van der Waals surface area contributed by atoms with E-state index in [1.165, 1.54) is 16.8 Å². The summed E-state index contributed by atoms with van der Waals surface area (Å²) in [5.74, 6) is 2.46. The van der Waals surface area contributed by atoms with Gasteiger partial charge in [0, 0.05) is 18.3 Å². The second-order valence-corrected chi connectivity index (χ2v) is 7.86. The Labute approximate surface area is 143 Å². The normalized spacial score (nSPS) is 22.8. The van der Waals surface area contributed by atoms with E-state index in [-0.39, 0.29) is 5.91 Å².